The molecule has 1 aromatic heterocycles. The third-order valence-corrected chi connectivity index (χ3v) is 3.12. The summed E-state index contributed by atoms with van der Waals surface area (Å²) in [6.07, 6.45) is 0. The molecule has 0 spiro atoms. The van der Waals surface area contributed by atoms with Crippen molar-refractivity contribution in [3.63, 3.8) is 0 Å². The fourth-order valence-electron chi connectivity index (χ4n) is 1.95. The van der Waals surface area contributed by atoms with Gasteiger partial charge in [-0.25, -0.2) is 0 Å². The average Bonchev–Trinajstić information content (AvgIpc) is 2.51. The third kappa shape index (κ3) is 4.84. The van der Waals surface area contributed by atoms with Crippen LogP contribution in [0.1, 0.15) is 35.5 Å². The molecule has 0 aliphatic heterocycles. The van der Waals surface area contributed by atoms with Crippen LogP contribution in [0, 0.1) is 12.8 Å². The first-order valence-electron chi connectivity index (χ1n) is 7.46. The van der Waals surface area contributed by atoms with Crippen LogP contribution in [0.3, 0.4) is 0 Å². The Morgan fingerprint density at radius 1 is 1.18 bits per heavy atom. The second kappa shape index (κ2) is 7.54. The van der Waals surface area contributed by atoms with E-state index in [0.717, 1.165) is 12.1 Å². The Hall–Kier alpha value is -2.43. The van der Waals surface area contributed by atoms with E-state index >= 15 is 0 Å². The number of carbonyl (C=O) groups excluding carboxylic acids is 1. The maximum absolute atomic E-state index is 12.0. The monoisotopic (exact) mass is 298 g/mol. The molecule has 0 saturated carbocycles. The van der Waals surface area contributed by atoms with Crippen LogP contribution in [0.15, 0.2) is 36.4 Å². The van der Waals surface area contributed by atoms with Gasteiger partial charge in [0, 0.05) is 13.1 Å². The Morgan fingerprint density at radius 3 is 2.64 bits per heavy atom. The fraction of sp³-hybridized carbons (Fsp3) is 0.353. The summed E-state index contributed by atoms with van der Waals surface area (Å²) in [4.78, 5) is 12.0. The first-order chi connectivity index (χ1) is 10.5. The first kappa shape index (κ1) is 15.9. The standard InChI is InChI=1S/C17H22N4O/c1-12(2)10-18-16-8-7-15(20-21-16)17(22)19-11-14-6-4-5-13(3)9-14/h4-9,12H,10-11H2,1-3H3,(H,18,21)(H,19,22). The van der Waals surface area contributed by atoms with E-state index in [4.69, 9.17) is 0 Å². The number of rotatable bonds is 6. The van der Waals surface area contributed by atoms with Crippen LogP contribution in [-0.2, 0) is 6.54 Å². The van der Waals surface area contributed by atoms with Crippen molar-refractivity contribution >= 4 is 11.7 Å². The van der Waals surface area contributed by atoms with Crippen molar-refractivity contribution in [3.8, 4) is 0 Å². The third-order valence-electron chi connectivity index (χ3n) is 3.12. The molecular formula is C17H22N4O. The zero-order valence-electron chi connectivity index (χ0n) is 13.3. The van der Waals surface area contributed by atoms with Crippen LogP contribution < -0.4 is 10.6 Å². The number of benzene rings is 1. The molecule has 0 unspecified atom stereocenters. The predicted molar refractivity (Wildman–Crippen MR) is 87.7 cm³/mol. The maximum atomic E-state index is 12.0. The van der Waals surface area contributed by atoms with Crippen LogP contribution in [-0.4, -0.2) is 22.6 Å². The molecule has 0 radical (unpaired) electrons. The summed E-state index contributed by atoms with van der Waals surface area (Å²) < 4.78 is 0. The minimum atomic E-state index is -0.218. The van der Waals surface area contributed by atoms with Gasteiger partial charge in [0.05, 0.1) is 0 Å². The summed E-state index contributed by atoms with van der Waals surface area (Å²) in [5.74, 6) is 0.993. The van der Waals surface area contributed by atoms with Gasteiger partial charge in [-0.15, -0.1) is 10.2 Å². The van der Waals surface area contributed by atoms with E-state index < -0.39 is 0 Å². The molecule has 5 heteroatoms. The lowest BCUT2D eigenvalue weighted by atomic mass is 10.1. The number of anilines is 1. The van der Waals surface area contributed by atoms with Gasteiger partial charge in [0.25, 0.3) is 5.91 Å². The summed E-state index contributed by atoms with van der Waals surface area (Å²) in [7, 11) is 0. The first-order valence-corrected chi connectivity index (χ1v) is 7.46. The SMILES string of the molecule is Cc1cccc(CNC(=O)c2ccc(NCC(C)C)nn2)c1. The molecule has 1 heterocycles. The Kier molecular flexibility index (Phi) is 5.47. The molecule has 0 aliphatic rings. The molecule has 0 aliphatic carbocycles. The van der Waals surface area contributed by atoms with Crippen molar-refractivity contribution in [2.45, 2.75) is 27.3 Å². The Morgan fingerprint density at radius 2 is 2.00 bits per heavy atom. The minimum absolute atomic E-state index is 0.218. The van der Waals surface area contributed by atoms with E-state index in [1.54, 1.807) is 12.1 Å². The van der Waals surface area contributed by atoms with Crippen molar-refractivity contribution < 1.29 is 4.79 Å². The van der Waals surface area contributed by atoms with Gasteiger partial charge >= 0.3 is 0 Å². The quantitative estimate of drug-likeness (QED) is 0.860. The highest BCUT2D eigenvalue weighted by Gasteiger charge is 2.08. The van der Waals surface area contributed by atoms with E-state index in [-0.39, 0.29) is 5.91 Å². The van der Waals surface area contributed by atoms with Crippen LogP contribution >= 0.6 is 0 Å². The second-order valence-electron chi connectivity index (χ2n) is 5.75. The van der Waals surface area contributed by atoms with E-state index in [0.29, 0.717) is 24.0 Å². The average molecular weight is 298 g/mol. The van der Waals surface area contributed by atoms with Gasteiger partial charge in [-0.1, -0.05) is 43.7 Å². The lowest BCUT2D eigenvalue weighted by Crippen LogP contribution is -2.24. The number of amides is 1. The highest BCUT2D eigenvalue weighted by atomic mass is 16.1. The lowest BCUT2D eigenvalue weighted by Gasteiger charge is -2.08. The van der Waals surface area contributed by atoms with Gasteiger partial charge in [-0.2, -0.15) is 0 Å². The molecule has 0 bridgehead atoms. The van der Waals surface area contributed by atoms with Crippen molar-refractivity contribution in [1.82, 2.24) is 15.5 Å². The largest absolute Gasteiger partial charge is 0.368 e. The molecule has 116 valence electrons. The topological polar surface area (TPSA) is 66.9 Å². The second-order valence-corrected chi connectivity index (χ2v) is 5.75. The van der Waals surface area contributed by atoms with Crippen molar-refractivity contribution in [2.75, 3.05) is 11.9 Å². The number of hydrogen-bond donors (Lipinski definition) is 2. The molecule has 22 heavy (non-hydrogen) atoms. The van der Waals surface area contributed by atoms with Gasteiger partial charge in [-0.05, 0) is 30.5 Å². The van der Waals surface area contributed by atoms with Gasteiger partial charge in [-0.3, -0.25) is 4.79 Å². The zero-order valence-corrected chi connectivity index (χ0v) is 13.3. The number of hydrogen-bond acceptors (Lipinski definition) is 4. The number of nitrogens with one attached hydrogen (secondary N) is 2. The Balaban J connectivity index is 1.89. The highest BCUT2D eigenvalue weighted by molar-refractivity contribution is 5.92. The fourth-order valence-corrected chi connectivity index (χ4v) is 1.95. The van der Waals surface area contributed by atoms with E-state index in [1.165, 1.54) is 5.56 Å². The molecule has 0 saturated heterocycles. The number of carbonyl (C=O) groups is 1. The van der Waals surface area contributed by atoms with Gasteiger partial charge in [0.15, 0.2) is 5.69 Å². The highest BCUT2D eigenvalue weighted by Crippen LogP contribution is 2.05. The molecule has 2 rings (SSSR count). The summed E-state index contributed by atoms with van der Waals surface area (Å²) in [5, 5.41) is 14.0. The summed E-state index contributed by atoms with van der Waals surface area (Å²) in [5.41, 5.74) is 2.56. The van der Waals surface area contributed by atoms with Gasteiger partial charge in [0.1, 0.15) is 5.82 Å². The molecule has 5 nitrogen and oxygen atoms in total. The molecule has 0 atom stereocenters. The molecule has 2 N–H and O–H groups in total. The summed E-state index contributed by atoms with van der Waals surface area (Å²) >= 11 is 0. The van der Waals surface area contributed by atoms with Crippen molar-refractivity contribution in [1.29, 1.82) is 0 Å². The van der Waals surface area contributed by atoms with E-state index in [2.05, 4.69) is 34.7 Å². The van der Waals surface area contributed by atoms with Crippen LogP contribution in [0.25, 0.3) is 0 Å². The van der Waals surface area contributed by atoms with Crippen LogP contribution in [0.4, 0.5) is 5.82 Å². The lowest BCUT2D eigenvalue weighted by molar-refractivity contribution is 0.0945. The number of aromatic nitrogens is 2. The number of aryl methyl sites for hydroxylation is 1. The molecular weight excluding hydrogens is 276 g/mol. The summed E-state index contributed by atoms with van der Waals surface area (Å²) in [6, 6.07) is 11.5. The smallest absolute Gasteiger partial charge is 0.272 e. The molecule has 1 amide bonds. The maximum Gasteiger partial charge on any atom is 0.272 e. The Bertz CT molecular complexity index is 623. The van der Waals surface area contributed by atoms with Crippen molar-refractivity contribution in [3.05, 3.63) is 53.2 Å². The predicted octanol–water partition coefficient (Wildman–Crippen LogP) is 2.78. The molecule has 0 fully saturated rings. The van der Waals surface area contributed by atoms with Gasteiger partial charge in [0.2, 0.25) is 0 Å². The summed E-state index contributed by atoms with van der Waals surface area (Å²) in [6.45, 7) is 7.57. The van der Waals surface area contributed by atoms with Crippen molar-refractivity contribution in [2.24, 2.45) is 5.92 Å². The van der Waals surface area contributed by atoms with E-state index in [1.807, 2.05) is 31.2 Å². The van der Waals surface area contributed by atoms with E-state index in [9.17, 15) is 4.79 Å². The minimum Gasteiger partial charge on any atom is -0.368 e. The molecule has 2 aromatic rings. The van der Waals surface area contributed by atoms with Gasteiger partial charge < -0.3 is 10.6 Å². The zero-order chi connectivity index (χ0) is 15.9. The number of nitrogens with zero attached hydrogens (tertiary/aromatic N) is 2. The van der Waals surface area contributed by atoms with Crippen LogP contribution in [0.5, 0.6) is 0 Å². The Labute approximate surface area is 131 Å². The van der Waals surface area contributed by atoms with Crippen LogP contribution in [0.2, 0.25) is 0 Å². The normalized spacial score (nSPS) is 10.5. The molecule has 1 aromatic carbocycles.